The zero-order valence-corrected chi connectivity index (χ0v) is 51.0. The van der Waals surface area contributed by atoms with Gasteiger partial charge in [0.1, 0.15) is 70.9 Å². The number of amides is 5. The summed E-state index contributed by atoms with van der Waals surface area (Å²) in [5.41, 5.74) is 15.7. The van der Waals surface area contributed by atoms with Crippen LogP contribution >= 0.6 is 68.0 Å². The molecule has 0 unspecified atom stereocenters. The van der Waals surface area contributed by atoms with Crippen LogP contribution < -0.4 is 32.7 Å². The Balaban J connectivity index is 1.09. The maximum absolute atomic E-state index is 15.0. The highest BCUT2D eigenvalue weighted by Crippen LogP contribution is 2.41. The van der Waals surface area contributed by atoms with Gasteiger partial charge in [-0.2, -0.15) is 0 Å². The fourth-order valence-electron chi connectivity index (χ4n) is 9.42. The summed E-state index contributed by atoms with van der Waals surface area (Å²) in [7, 11) is 0. The minimum atomic E-state index is -1.28. The summed E-state index contributed by atoms with van der Waals surface area (Å²) in [5, 5.41) is 46.4. The topological polar surface area (TPSA) is 333 Å². The number of hydrogen-bond acceptors (Lipinski definition) is 22. The molecule has 7 atom stereocenters. The second-order valence-electron chi connectivity index (χ2n) is 20.3. The standard InChI is InChI=1S/C58H57N13O8S6/c1-5-17-61-21-43(73)28(3)45-58-69-41(26-84-58)56-65-37(22-82-56)47-32(15-16-34(62-47)55-66-38(23-83-55)49(60)76)53-67-40(24-80-53)52(79)64-36(20-44(59)74)57-71-46(29(4)85-57)42(72)19-33(48(75)31-9-7-6-8-10-31)54-68-39(25-81-54)51(78)63-35(50(77)70-45)18-30-13-11-27(2)12-14-30/h6-16,22-26,28,33,35-36,43,45,48,61,73,75H,5,17-21H2,1-4H3,(H2,59,74)(H2,60,76)(H,63,78)(H,64,79)(H,70,77)/t28-,33-,35-,36-,43-,45-,48+/m0/s1. The summed E-state index contributed by atoms with van der Waals surface area (Å²) in [5.74, 6) is -5.46. The third kappa shape index (κ3) is 14.0. The second kappa shape index (κ2) is 26.7. The molecule has 0 saturated carbocycles. The van der Waals surface area contributed by atoms with Gasteiger partial charge in [-0.25, -0.2) is 34.9 Å². The molecular formula is C58H57N13O8S6. The van der Waals surface area contributed by atoms with Crippen LogP contribution in [0.4, 0.5) is 0 Å². The van der Waals surface area contributed by atoms with Crippen molar-refractivity contribution < 1.29 is 39.0 Å². The first-order chi connectivity index (χ1) is 40.9. The van der Waals surface area contributed by atoms with Gasteiger partial charge in [-0.15, -0.1) is 68.0 Å². The molecule has 85 heavy (non-hydrogen) atoms. The summed E-state index contributed by atoms with van der Waals surface area (Å²) >= 11 is 7.05. The zero-order chi connectivity index (χ0) is 60.1. The van der Waals surface area contributed by atoms with Crippen LogP contribution in [-0.4, -0.2) is 106 Å². The molecule has 9 aromatic rings. The molecule has 1 aliphatic rings. The predicted octanol–water partition coefficient (Wildman–Crippen LogP) is 8.15. The van der Waals surface area contributed by atoms with Gasteiger partial charge < -0.3 is 42.9 Å². The molecule has 10 bridgehead atoms. The van der Waals surface area contributed by atoms with Crippen molar-refractivity contribution in [2.24, 2.45) is 17.4 Å². The molecule has 0 radical (unpaired) electrons. The largest absolute Gasteiger partial charge is 0.391 e. The molecule has 8 heterocycles. The monoisotopic (exact) mass is 1260 g/mol. The van der Waals surface area contributed by atoms with Crippen LogP contribution in [0.3, 0.4) is 0 Å². The molecule has 438 valence electrons. The van der Waals surface area contributed by atoms with E-state index in [4.69, 9.17) is 41.4 Å². The SMILES string of the molecule is CCCNC[C@H](O)[C@H](C)[C@@H]1NC(=O)[C@H](Cc2ccc(C)cc2)NC(=O)c2csc(n2)[C@H]([C@H](O)c2ccccc2)CC(=O)c2nc(sc2C)[C@H](CC(N)=O)NC(=O)c2csc(n2)-c2ccc(-c3nc(C(N)=O)cs3)nc2-c2csc(n2)-c2csc1n2. The van der Waals surface area contributed by atoms with Gasteiger partial charge >= 0.3 is 0 Å². The van der Waals surface area contributed by atoms with Crippen molar-refractivity contribution >= 4 is 103 Å². The first-order valence-electron chi connectivity index (χ1n) is 26.9. The van der Waals surface area contributed by atoms with Crippen LogP contribution in [0.15, 0.2) is 93.6 Å². The van der Waals surface area contributed by atoms with Gasteiger partial charge in [0.2, 0.25) is 11.8 Å². The quantitative estimate of drug-likeness (QED) is 0.0476. The minimum Gasteiger partial charge on any atom is -0.391 e. The van der Waals surface area contributed by atoms with Crippen molar-refractivity contribution in [1.82, 2.24) is 56.2 Å². The molecule has 0 fully saturated rings. The van der Waals surface area contributed by atoms with Crippen LogP contribution in [0.25, 0.3) is 43.4 Å². The lowest BCUT2D eigenvalue weighted by Gasteiger charge is -2.29. The Labute approximate surface area is 511 Å². The fraction of sp³-hybridized carbons (Fsp3) is 0.293. The van der Waals surface area contributed by atoms with Crippen LogP contribution in [-0.2, 0) is 16.0 Å². The lowest BCUT2D eigenvalue weighted by Crippen LogP contribution is -2.51. The van der Waals surface area contributed by atoms with E-state index in [0.717, 1.165) is 51.6 Å². The van der Waals surface area contributed by atoms with E-state index in [1.165, 1.54) is 44.8 Å². The number of carbonyl (C=O) groups excluding carboxylic acids is 6. The third-order valence-corrected chi connectivity index (χ3v) is 19.7. The number of hydrogen-bond donors (Lipinski definition) is 8. The van der Waals surface area contributed by atoms with E-state index in [1.807, 2.05) is 50.4 Å². The van der Waals surface area contributed by atoms with Crippen molar-refractivity contribution in [1.29, 1.82) is 0 Å². The van der Waals surface area contributed by atoms with E-state index >= 15 is 4.79 Å². The number of aromatic nitrogens is 7. The molecule has 5 amide bonds. The molecular weight excluding hydrogens is 1200 g/mol. The molecule has 2 aromatic carbocycles. The van der Waals surface area contributed by atoms with E-state index in [9.17, 15) is 34.2 Å². The Bertz CT molecular complexity index is 3910. The molecule has 27 heteroatoms. The predicted molar refractivity (Wildman–Crippen MR) is 329 cm³/mol. The molecule has 21 nitrogen and oxygen atoms in total. The van der Waals surface area contributed by atoms with E-state index in [2.05, 4.69) is 26.3 Å². The second-order valence-corrected chi connectivity index (χ2v) is 25.9. The Hall–Kier alpha value is -7.73. The number of carbonyl (C=O) groups is 6. The van der Waals surface area contributed by atoms with Gasteiger partial charge in [-0.3, -0.25) is 28.8 Å². The molecule has 0 aliphatic carbocycles. The number of aliphatic hydroxyl groups excluding tert-OH is 2. The van der Waals surface area contributed by atoms with Gasteiger partial charge in [-0.05, 0) is 50.1 Å². The van der Waals surface area contributed by atoms with Crippen LogP contribution in [0, 0.1) is 19.8 Å². The maximum Gasteiger partial charge on any atom is 0.271 e. The average molecular weight is 1260 g/mol. The maximum atomic E-state index is 15.0. The lowest BCUT2D eigenvalue weighted by molar-refractivity contribution is -0.124. The number of nitrogens with one attached hydrogen (secondary N) is 4. The summed E-state index contributed by atoms with van der Waals surface area (Å²) < 4.78 is 0. The number of nitrogens with two attached hydrogens (primary N) is 2. The van der Waals surface area contributed by atoms with E-state index in [0.29, 0.717) is 65.4 Å². The van der Waals surface area contributed by atoms with Crippen LogP contribution in [0.1, 0.15) is 136 Å². The highest BCUT2D eigenvalue weighted by molar-refractivity contribution is 7.15. The number of aryl methyl sites for hydroxylation is 2. The Morgan fingerprint density at radius 2 is 1.32 bits per heavy atom. The fourth-order valence-corrected chi connectivity index (χ4v) is 14.8. The zero-order valence-electron chi connectivity index (χ0n) is 46.1. The van der Waals surface area contributed by atoms with Crippen LogP contribution in [0.2, 0.25) is 0 Å². The number of nitrogens with zero attached hydrogens (tertiary/aromatic N) is 7. The Morgan fingerprint density at radius 3 is 2.05 bits per heavy atom. The molecule has 7 aromatic heterocycles. The minimum absolute atomic E-state index is 0.00382. The summed E-state index contributed by atoms with van der Waals surface area (Å²) in [6.45, 7) is 8.35. The van der Waals surface area contributed by atoms with Gasteiger partial charge in [-0.1, -0.05) is 74.0 Å². The smallest absolute Gasteiger partial charge is 0.271 e. The number of thiazole rings is 6. The Morgan fingerprint density at radius 1 is 0.671 bits per heavy atom. The first kappa shape index (κ1) is 60.4. The normalized spacial score (nSPS) is 18.0. The number of benzene rings is 2. The highest BCUT2D eigenvalue weighted by Gasteiger charge is 2.36. The van der Waals surface area contributed by atoms with E-state index in [-0.39, 0.29) is 58.6 Å². The third-order valence-electron chi connectivity index (χ3n) is 14.1. The first-order valence-corrected chi connectivity index (χ1v) is 32.1. The van der Waals surface area contributed by atoms with Gasteiger partial charge in [0.15, 0.2) is 5.78 Å². The van der Waals surface area contributed by atoms with Crippen molar-refractivity contribution in [3.05, 3.63) is 153 Å². The molecule has 0 saturated heterocycles. The van der Waals surface area contributed by atoms with Crippen molar-refractivity contribution in [2.45, 2.75) is 89.6 Å². The summed E-state index contributed by atoms with van der Waals surface area (Å²) in [6.07, 6.45) is -2.03. The Kier molecular flexibility index (Phi) is 19.0. The average Bonchev–Trinajstić information content (AvgIpc) is 2.65. The lowest BCUT2D eigenvalue weighted by atomic mass is 9.90. The van der Waals surface area contributed by atoms with Gasteiger partial charge in [0, 0.05) is 68.6 Å². The van der Waals surface area contributed by atoms with E-state index < -0.39 is 77.5 Å². The number of pyridine rings is 1. The molecule has 10 rings (SSSR count). The number of fused-ring (bicyclic) bond motifs is 14. The van der Waals surface area contributed by atoms with Crippen molar-refractivity contribution in [3.8, 4) is 43.4 Å². The van der Waals surface area contributed by atoms with Crippen LogP contribution in [0.5, 0.6) is 0 Å². The molecule has 10 N–H and O–H groups in total. The molecule has 1 aliphatic heterocycles. The van der Waals surface area contributed by atoms with Crippen molar-refractivity contribution in [3.63, 3.8) is 0 Å². The van der Waals surface area contributed by atoms with Crippen molar-refractivity contribution in [2.75, 3.05) is 13.1 Å². The summed E-state index contributed by atoms with van der Waals surface area (Å²) in [4.78, 5) is 117. The number of aliphatic hydroxyl groups is 2. The molecule has 0 spiro atoms. The summed E-state index contributed by atoms with van der Waals surface area (Å²) in [6, 6.07) is 16.6. The number of rotatable bonds is 14. The van der Waals surface area contributed by atoms with E-state index in [1.54, 1.807) is 60.1 Å². The number of ketones is 1. The number of Topliss-reactive ketones (excluding diaryl/α,β-unsaturated/α-hetero) is 1. The number of primary amides is 2. The van der Waals surface area contributed by atoms with Gasteiger partial charge in [0.25, 0.3) is 17.7 Å². The highest BCUT2D eigenvalue weighted by atomic mass is 32.1. The van der Waals surface area contributed by atoms with Gasteiger partial charge in [0.05, 0.1) is 41.4 Å².